The maximum absolute atomic E-state index is 7.52. The summed E-state index contributed by atoms with van der Waals surface area (Å²) in [6.07, 6.45) is 11.9. The molecule has 0 aliphatic heterocycles. The summed E-state index contributed by atoms with van der Waals surface area (Å²) in [5.41, 5.74) is 9.11. The fourth-order valence-corrected chi connectivity index (χ4v) is 2.28. The average Bonchev–Trinajstić information content (AvgIpc) is 2.68. The molecule has 1 atom stereocenters. The third-order valence-corrected chi connectivity index (χ3v) is 2.92. The van der Waals surface area contributed by atoms with E-state index in [1.807, 2.05) is 13.0 Å². The Labute approximate surface area is 126 Å². The van der Waals surface area contributed by atoms with E-state index in [-0.39, 0.29) is 24.8 Å². The van der Waals surface area contributed by atoms with Crippen molar-refractivity contribution in [3.05, 3.63) is 41.7 Å². The van der Waals surface area contributed by atoms with Crippen molar-refractivity contribution in [2.75, 3.05) is 0 Å². The Bertz CT molecular complexity index is 308. The Hall–Kier alpha value is 0.292. The van der Waals surface area contributed by atoms with Crippen LogP contribution in [0.2, 0.25) is 0 Å². The molecule has 0 bridgehead atoms. The molecule has 1 N–H and O–H groups in total. The summed E-state index contributed by atoms with van der Waals surface area (Å²) in [6, 6.07) is -0.0875. The van der Waals surface area contributed by atoms with E-state index in [0.29, 0.717) is 5.92 Å². The molecule has 103 valence electrons. The topological polar surface area (TPSA) is 23.8 Å². The van der Waals surface area contributed by atoms with Gasteiger partial charge in [0.05, 0.1) is 0 Å². The molecule has 0 fully saturated rings. The van der Waals surface area contributed by atoms with Gasteiger partial charge in [0.1, 0.15) is 0 Å². The van der Waals surface area contributed by atoms with Gasteiger partial charge in [0.25, 0.3) is 0 Å². The molecule has 0 saturated heterocycles. The first-order valence-corrected chi connectivity index (χ1v) is 9.47. The molecule has 1 rings (SSSR count). The summed E-state index contributed by atoms with van der Waals surface area (Å²) in [5, 5.41) is 0. The molecule has 0 spiro atoms. The molecule has 0 aromatic heterocycles. The predicted octanol–water partition coefficient (Wildman–Crippen LogP) is 5.91. The van der Waals surface area contributed by atoms with Gasteiger partial charge < -0.3 is 5.73 Å². The van der Waals surface area contributed by atoms with E-state index in [2.05, 4.69) is 45.1 Å². The van der Waals surface area contributed by atoms with Gasteiger partial charge in [0, 0.05) is 5.92 Å². The maximum atomic E-state index is 7.52. The van der Waals surface area contributed by atoms with Gasteiger partial charge in [-0.2, -0.15) is 0 Å². The van der Waals surface area contributed by atoms with Crippen LogP contribution in [0.25, 0.3) is 5.73 Å². The zero-order chi connectivity index (χ0) is 14.2. The van der Waals surface area contributed by atoms with Gasteiger partial charge in [0.15, 0.2) is 0 Å². The first-order valence-electron chi connectivity index (χ1n) is 5.96. The molecule has 18 heavy (non-hydrogen) atoms. The normalized spacial score (nSPS) is 17.4. The van der Waals surface area contributed by atoms with Gasteiger partial charge >= 0.3 is 33.5 Å². The van der Waals surface area contributed by atoms with Crippen LogP contribution < -0.4 is 0 Å². The van der Waals surface area contributed by atoms with Crippen molar-refractivity contribution in [1.29, 1.82) is 0 Å². The molecule has 1 aliphatic carbocycles. The zero-order valence-corrected chi connectivity index (χ0v) is 14.2. The molecule has 0 radical (unpaired) electrons. The van der Waals surface area contributed by atoms with Crippen LogP contribution in [0, 0.1) is 11.3 Å². The van der Waals surface area contributed by atoms with Gasteiger partial charge in [-0.3, -0.25) is 0 Å². The Morgan fingerprint density at radius 1 is 1.39 bits per heavy atom. The second-order valence-corrected chi connectivity index (χ2v) is 7.43. The molecular formula is C14H22Cl2CrN. The summed E-state index contributed by atoms with van der Waals surface area (Å²) >= 11 is -0.181. The molecule has 4 heteroatoms. The van der Waals surface area contributed by atoms with Gasteiger partial charge in [-0.25, -0.2) is 0 Å². The molecule has 0 saturated carbocycles. The predicted molar refractivity (Wildman–Crippen MR) is 79.4 cm³/mol. The minimum atomic E-state index is -0.181. The third kappa shape index (κ3) is 7.67. The SMILES string of the molecule is CC(=CC(C)[NH-])CC(C)(C)C1C=CC=C1.[Cl][Cr+][Cl]. The summed E-state index contributed by atoms with van der Waals surface area (Å²) in [7, 11) is 9.65. The molecule has 1 aliphatic rings. The van der Waals surface area contributed by atoms with Crippen LogP contribution in [-0.4, -0.2) is 6.04 Å². The van der Waals surface area contributed by atoms with E-state index in [1.54, 1.807) is 0 Å². The van der Waals surface area contributed by atoms with E-state index >= 15 is 0 Å². The van der Waals surface area contributed by atoms with Crippen LogP contribution in [0.5, 0.6) is 0 Å². The van der Waals surface area contributed by atoms with Crippen molar-refractivity contribution in [1.82, 2.24) is 0 Å². The van der Waals surface area contributed by atoms with Crippen LogP contribution in [-0.2, 0) is 13.4 Å². The Kier molecular flexibility index (Phi) is 9.39. The fourth-order valence-electron chi connectivity index (χ4n) is 2.28. The van der Waals surface area contributed by atoms with Crippen molar-refractivity contribution in [2.24, 2.45) is 11.3 Å². The Morgan fingerprint density at radius 2 is 1.83 bits per heavy atom. The summed E-state index contributed by atoms with van der Waals surface area (Å²) in [6.45, 7) is 8.63. The van der Waals surface area contributed by atoms with Crippen LogP contribution in [0.3, 0.4) is 0 Å². The molecule has 0 heterocycles. The molecule has 0 aromatic rings. The summed E-state index contributed by atoms with van der Waals surface area (Å²) < 4.78 is 0. The van der Waals surface area contributed by atoms with E-state index in [0.717, 1.165) is 6.42 Å². The average molecular weight is 327 g/mol. The first kappa shape index (κ1) is 18.3. The zero-order valence-electron chi connectivity index (χ0n) is 11.4. The van der Waals surface area contributed by atoms with E-state index in [4.69, 9.17) is 25.8 Å². The Balaban J connectivity index is 0.000000873. The van der Waals surface area contributed by atoms with Crippen molar-refractivity contribution in [3.63, 3.8) is 0 Å². The van der Waals surface area contributed by atoms with Crippen LogP contribution >= 0.6 is 20.1 Å². The first-order chi connectivity index (χ1) is 8.33. The number of allylic oxidation sites excluding steroid dienone is 5. The van der Waals surface area contributed by atoms with Gasteiger partial charge in [-0.15, -0.1) is 12.1 Å². The number of halogens is 2. The van der Waals surface area contributed by atoms with Crippen molar-refractivity contribution in [2.45, 2.75) is 40.2 Å². The van der Waals surface area contributed by atoms with Crippen molar-refractivity contribution < 1.29 is 13.4 Å². The van der Waals surface area contributed by atoms with Crippen LogP contribution in [0.1, 0.15) is 34.1 Å². The second-order valence-electron chi connectivity index (χ2n) is 5.32. The van der Waals surface area contributed by atoms with Gasteiger partial charge in [0.2, 0.25) is 0 Å². The Morgan fingerprint density at radius 3 is 2.22 bits per heavy atom. The van der Waals surface area contributed by atoms with Crippen molar-refractivity contribution in [3.8, 4) is 0 Å². The quantitative estimate of drug-likeness (QED) is 0.573. The number of nitrogens with one attached hydrogen (secondary N) is 1. The fraction of sp³-hybridized carbons (Fsp3) is 0.571. The van der Waals surface area contributed by atoms with E-state index in [9.17, 15) is 0 Å². The third-order valence-electron chi connectivity index (χ3n) is 2.92. The molecular weight excluding hydrogens is 305 g/mol. The van der Waals surface area contributed by atoms with Gasteiger partial charge in [-0.05, 0) is 18.8 Å². The van der Waals surface area contributed by atoms with Crippen LogP contribution in [0.4, 0.5) is 0 Å². The number of hydrogen-bond acceptors (Lipinski definition) is 0. The van der Waals surface area contributed by atoms with Crippen LogP contribution in [0.15, 0.2) is 36.0 Å². The summed E-state index contributed by atoms with van der Waals surface area (Å²) in [5.74, 6) is 0.543. The van der Waals surface area contributed by atoms with E-state index in [1.165, 1.54) is 5.57 Å². The minimum absolute atomic E-state index is 0.0875. The second kappa shape index (κ2) is 9.24. The van der Waals surface area contributed by atoms with Gasteiger partial charge in [-0.1, -0.05) is 50.6 Å². The molecule has 0 aromatic carbocycles. The monoisotopic (exact) mass is 326 g/mol. The number of rotatable bonds is 4. The standard InChI is InChI=1S/C14H22N.2ClH.Cr/c1-11(9-12(2)15)10-14(3,4)13-7-5-6-8-13;;;/h5-9,12-13,15H,10H2,1-4H3;2*1H;/q-1;;;+3/p-2. The number of hydrogen-bond donors (Lipinski definition) is 0. The summed E-state index contributed by atoms with van der Waals surface area (Å²) in [4.78, 5) is 0. The molecule has 1 nitrogen and oxygen atoms in total. The van der Waals surface area contributed by atoms with E-state index < -0.39 is 0 Å². The molecule has 1 unspecified atom stereocenters. The van der Waals surface area contributed by atoms with Crippen molar-refractivity contribution >= 4 is 20.1 Å². The molecule has 0 amide bonds.